The minimum atomic E-state index is -1.25. The number of carbonyl (C=O) groups is 2. The SMILES string of the molecule is O=C(NCSC/N=C/[S+]([O-])CSCSC(=O)NCSC/N=C\OOCSCO)OCSCO. The molecule has 0 spiro atoms. The molecule has 0 aromatic carbocycles. The number of thioether (sulfide) groups is 6. The first kappa shape index (κ1) is 33.2. The molecule has 0 radical (unpaired) electrons. The molecule has 0 heterocycles. The van der Waals surface area contributed by atoms with Gasteiger partial charge >= 0.3 is 6.09 Å². The molecule has 0 aromatic heterocycles. The zero-order valence-corrected chi connectivity index (χ0v) is 23.0. The zero-order valence-electron chi connectivity index (χ0n) is 17.3. The van der Waals surface area contributed by atoms with Crippen molar-refractivity contribution in [2.45, 2.75) is 0 Å². The van der Waals surface area contributed by atoms with Gasteiger partial charge in [0, 0.05) is 11.2 Å². The van der Waals surface area contributed by atoms with Crippen molar-refractivity contribution in [3.8, 4) is 0 Å². The zero-order chi connectivity index (χ0) is 24.4. The Labute approximate surface area is 220 Å². The largest absolute Gasteiger partial charge is 0.610 e. The van der Waals surface area contributed by atoms with Gasteiger partial charge in [0.25, 0.3) is 5.24 Å². The Hall–Kier alpha value is 0.170. The van der Waals surface area contributed by atoms with E-state index in [4.69, 9.17) is 14.9 Å². The smallest absolute Gasteiger partial charge is 0.408 e. The van der Waals surface area contributed by atoms with Gasteiger partial charge in [-0.2, -0.15) is 4.89 Å². The van der Waals surface area contributed by atoms with Crippen molar-refractivity contribution in [1.82, 2.24) is 10.6 Å². The van der Waals surface area contributed by atoms with Gasteiger partial charge < -0.3 is 35.0 Å². The highest BCUT2D eigenvalue weighted by Gasteiger charge is 2.06. The first-order valence-electron chi connectivity index (χ1n) is 8.65. The Morgan fingerprint density at radius 3 is 2.42 bits per heavy atom. The fourth-order valence-electron chi connectivity index (χ4n) is 1.20. The monoisotopic (exact) mass is 602 g/mol. The van der Waals surface area contributed by atoms with Gasteiger partial charge in [0.2, 0.25) is 11.9 Å². The van der Waals surface area contributed by atoms with Crippen molar-refractivity contribution in [1.29, 1.82) is 0 Å². The average molecular weight is 603 g/mol. The normalized spacial score (nSPS) is 12.2. The van der Waals surface area contributed by atoms with Gasteiger partial charge in [-0.3, -0.25) is 4.79 Å². The molecule has 1 atom stereocenters. The molecule has 4 N–H and O–H groups in total. The number of ether oxygens (including phenoxy) is 1. The first-order chi connectivity index (χ1) is 16.1. The minimum absolute atomic E-state index is 0.0498. The predicted molar refractivity (Wildman–Crippen MR) is 144 cm³/mol. The number of carbonyl (C=O) groups excluding carboxylic acids is 2. The van der Waals surface area contributed by atoms with Gasteiger partial charge in [-0.1, -0.05) is 35.3 Å². The van der Waals surface area contributed by atoms with Gasteiger partial charge in [-0.15, -0.1) is 35.3 Å². The van der Waals surface area contributed by atoms with Crippen LogP contribution < -0.4 is 10.6 Å². The number of nitrogens with one attached hydrogen (secondary N) is 2. The summed E-state index contributed by atoms with van der Waals surface area (Å²) in [6.07, 6.45) is 0.570. The molecule has 0 aliphatic heterocycles. The third-order valence-corrected chi connectivity index (χ3v) is 8.20. The maximum absolute atomic E-state index is 11.8. The van der Waals surface area contributed by atoms with Crippen LogP contribution in [0.2, 0.25) is 0 Å². The number of alkyl carbamates (subject to hydrolysis) is 1. The molecule has 0 aliphatic rings. The molecule has 0 saturated carbocycles. The lowest BCUT2D eigenvalue weighted by atomic mass is 11.1. The standard InChI is InChI=1S/C14H26N4O8S7/c19-7-29-9-24-13(21)17-4-28-3-16-6-33(23)12-31-11-32-14(22)18-5-27-2-15-1-25-26-10-30-8-20/h1,6,19-20H,2-5,7-12H2,(H,17,21)(H,18,22)/b15-1-,16-6+. The molecule has 1 unspecified atom stereocenters. The molecule has 33 heavy (non-hydrogen) atoms. The summed E-state index contributed by atoms with van der Waals surface area (Å²) in [6.45, 7) is 0. The Bertz CT molecular complexity index is 554. The van der Waals surface area contributed by atoms with Crippen LogP contribution in [0.4, 0.5) is 9.59 Å². The van der Waals surface area contributed by atoms with E-state index in [1.165, 1.54) is 40.8 Å². The molecule has 192 valence electrons. The summed E-state index contributed by atoms with van der Waals surface area (Å²) in [7, 11) is 0. The van der Waals surface area contributed by atoms with Crippen molar-refractivity contribution in [2.24, 2.45) is 9.98 Å². The predicted octanol–water partition coefficient (Wildman–Crippen LogP) is 2.13. The number of hydrogen-bond donors (Lipinski definition) is 4. The van der Waals surface area contributed by atoms with E-state index < -0.39 is 17.3 Å². The highest BCUT2D eigenvalue weighted by atomic mass is 32.3. The summed E-state index contributed by atoms with van der Waals surface area (Å²) in [5.74, 6) is 1.52. The lowest BCUT2D eigenvalue weighted by molar-refractivity contribution is -0.196. The molecule has 12 nitrogen and oxygen atoms in total. The highest BCUT2D eigenvalue weighted by molar-refractivity contribution is 8.27. The van der Waals surface area contributed by atoms with Gasteiger partial charge in [-0.25, -0.2) is 14.8 Å². The number of aliphatic imine (C=N–C) groups is 2. The second-order valence-corrected chi connectivity index (χ2v) is 12.3. The highest BCUT2D eigenvalue weighted by Crippen LogP contribution is 2.15. The first-order valence-corrected chi connectivity index (χ1v) is 16.8. The van der Waals surface area contributed by atoms with E-state index in [0.717, 1.165) is 41.7 Å². The summed E-state index contributed by atoms with van der Waals surface area (Å²) in [4.78, 5) is 40.1. The number of hydrogen-bond acceptors (Lipinski definition) is 16. The van der Waals surface area contributed by atoms with Crippen LogP contribution in [-0.2, 0) is 25.7 Å². The fraction of sp³-hybridized carbons (Fsp3) is 0.714. The number of rotatable bonds is 21. The van der Waals surface area contributed by atoms with Crippen LogP contribution in [0.5, 0.6) is 0 Å². The van der Waals surface area contributed by atoms with Crippen molar-refractivity contribution in [2.75, 3.05) is 57.4 Å². The second-order valence-electron chi connectivity index (χ2n) is 4.69. The van der Waals surface area contributed by atoms with Crippen LogP contribution >= 0.6 is 70.6 Å². The van der Waals surface area contributed by atoms with Crippen LogP contribution in [0.25, 0.3) is 0 Å². The third-order valence-electron chi connectivity index (χ3n) is 2.41. The van der Waals surface area contributed by atoms with E-state index in [1.807, 2.05) is 0 Å². The number of aliphatic hydroxyl groups is 2. The van der Waals surface area contributed by atoms with Crippen molar-refractivity contribution >= 4 is 105 Å². The quantitative estimate of drug-likeness (QED) is 0.0286. The van der Waals surface area contributed by atoms with E-state index in [0.29, 0.717) is 33.7 Å². The maximum atomic E-state index is 11.8. The van der Waals surface area contributed by atoms with E-state index in [9.17, 15) is 14.1 Å². The van der Waals surface area contributed by atoms with Crippen LogP contribution in [0.1, 0.15) is 0 Å². The summed E-state index contributed by atoms with van der Waals surface area (Å²) in [6, 6.07) is 0. The number of amides is 2. The topological polar surface area (TPSA) is 174 Å². The maximum Gasteiger partial charge on any atom is 0.408 e. The molecular weight excluding hydrogens is 577 g/mol. The molecular formula is C14H26N4O8S7. The molecule has 0 bridgehead atoms. The minimum Gasteiger partial charge on any atom is -0.610 e. The molecule has 19 heteroatoms. The van der Waals surface area contributed by atoms with Gasteiger partial charge in [-0.05, 0) is 0 Å². The molecule has 0 saturated heterocycles. The molecule has 0 rings (SSSR count). The molecule has 0 fully saturated rings. The number of nitrogens with zero attached hydrogens (tertiary/aromatic N) is 2. The lowest BCUT2D eigenvalue weighted by Crippen LogP contribution is -2.23. The fourth-order valence-corrected chi connectivity index (χ4v) is 5.79. The van der Waals surface area contributed by atoms with Crippen LogP contribution in [0, 0.1) is 0 Å². The Morgan fingerprint density at radius 2 is 1.67 bits per heavy atom. The Kier molecular flexibility index (Phi) is 26.9. The Balaban J connectivity index is 3.50. The Morgan fingerprint density at radius 1 is 0.970 bits per heavy atom. The third kappa shape index (κ3) is 26.6. The average Bonchev–Trinajstić information content (AvgIpc) is 2.80. The summed E-state index contributed by atoms with van der Waals surface area (Å²) >= 11 is 6.11. The van der Waals surface area contributed by atoms with E-state index in [-0.39, 0.29) is 29.0 Å². The van der Waals surface area contributed by atoms with Crippen molar-refractivity contribution in [3.63, 3.8) is 0 Å². The summed E-state index contributed by atoms with van der Waals surface area (Å²) in [5.41, 5.74) is 1.35. The molecule has 0 aromatic rings. The van der Waals surface area contributed by atoms with E-state index in [2.05, 4.69) is 30.4 Å². The van der Waals surface area contributed by atoms with E-state index >= 15 is 0 Å². The number of aliphatic hydroxyl groups excluding tert-OH is 2. The van der Waals surface area contributed by atoms with Gasteiger partial charge in [0.1, 0.15) is 11.9 Å². The van der Waals surface area contributed by atoms with Crippen molar-refractivity contribution in [3.05, 3.63) is 0 Å². The van der Waals surface area contributed by atoms with Crippen LogP contribution in [-0.4, -0.2) is 95.5 Å². The van der Waals surface area contributed by atoms with E-state index in [1.54, 1.807) is 0 Å². The van der Waals surface area contributed by atoms with Gasteiger partial charge in [0.15, 0.2) is 5.08 Å². The molecule has 0 aliphatic carbocycles. The van der Waals surface area contributed by atoms with Crippen molar-refractivity contribution < 1.29 is 38.9 Å². The second kappa shape index (κ2) is 26.8. The van der Waals surface area contributed by atoms with Crippen LogP contribution in [0.15, 0.2) is 9.98 Å². The molecule has 2 amide bonds. The summed E-state index contributed by atoms with van der Waals surface area (Å²) in [5, 5.41) is 22.9. The lowest BCUT2D eigenvalue weighted by Gasteiger charge is -2.06. The van der Waals surface area contributed by atoms with Crippen LogP contribution in [0.3, 0.4) is 0 Å². The summed E-state index contributed by atoms with van der Waals surface area (Å²) < 4.78 is 16.6. The van der Waals surface area contributed by atoms with Gasteiger partial charge in [0.05, 0.1) is 40.5 Å².